The standard InChI is InChI=1S/C9H10ClFO/c1-5-3-7(6(2)12)8(10)4-9(5)11/h3-4,6,12H,1-2H3/t6-/m0/s1. The van der Waals surface area contributed by atoms with Gasteiger partial charge in [-0.3, -0.25) is 0 Å². The van der Waals surface area contributed by atoms with Crippen molar-refractivity contribution in [2.75, 3.05) is 0 Å². The second-order valence-corrected chi connectivity index (χ2v) is 3.21. The first-order valence-electron chi connectivity index (χ1n) is 3.66. The Morgan fingerprint density at radius 3 is 2.58 bits per heavy atom. The zero-order valence-electron chi connectivity index (χ0n) is 6.94. The minimum atomic E-state index is -0.656. The molecule has 0 unspecified atom stereocenters. The van der Waals surface area contributed by atoms with Crippen molar-refractivity contribution in [3.63, 3.8) is 0 Å². The van der Waals surface area contributed by atoms with Crippen LogP contribution < -0.4 is 0 Å². The van der Waals surface area contributed by atoms with E-state index in [1.165, 1.54) is 6.07 Å². The Bertz CT molecular complexity index is 297. The molecule has 0 aliphatic rings. The molecule has 3 heteroatoms. The number of aliphatic hydroxyl groups excluding tert-OH is 1. The van der Waals surface area contributed by atoms with Gasteiger partial charge in [0, 0.05) is 5.02 Å². The van der Waals surface area contributed by atoms with Crippen molar-refractivity contribution in [1.82, 2.24) is 0 Å². The first-order valence-corrected chi connectivity index (χ1v) is 4.03. The molecule has 0 aromatic heterocycles. The van der Waals surface area contributed by atoms with Gasteiger partial charge >= 0.3 is 0 Å². The lowest BCUT2D eigenvalue weighted by atomic mass is 10.1. The quantitative estimate of drug-likeness (QED) is 0.719. The second-order valence-electron chi connectivity index (χ2n) is 2.80. The third-order valence-corrected chi connectivity index (χ3v) is 2.06. The average Bonchev–Trinajstić information content (AvgIpc) is 1.96. The SMILES string of the molecule is Cc1cc([C@H](C)O)c(Cl)cc1F. The summed E-state index contributed by atoms with van der Waals surface area (Å²) in [5, 5.41) is 9.48. The fraction of sp³-hybridized carbons (Fsp3) is 0.333. The van der Waals surface area contributed by atoms with E-state index in [2.05, 4.69) is 0 Å². The Morgan fingerprint density at radius 1 is 1.50 bits per heavy atom. The number of hydrogen-bond acceptors (Lipinski definition) is 1. The molecule has 1 aromatic rings. The molecule has 0 saturated carbocycles. The molecule has 0 bridgehead atoms. The summed E-state index contributed by atoms with van der Waals surface area (Å²) in [4.78, 5) is 0. The highest BCUT2D eigenvalue weighted by Gasteiger charge is 2.09. The Labute approximate surface area is 75.8 Å². The molecule has 0 fully saturated rings. The molecule has 66 valence electrons. The highest BCUT2D eigenvalue weighted by molar-refractivity contribution is 6.31. The third kappa shape index (κ3) is 1.76. The summed E-state index contributed by atoms with van der Waals surface area (Å²) in [6.07, 6.45) is -0.656. The Hall–Kier alpha value is -0.600. The van der Waals surface area contributed by atoms with E-state index in [4.69, 9.17) is 11.6 Å². The molecule has 0 radical (unpaired) electrons. The first-order chi connectivity index (χ1) is 5.52. The predicted molar refractivity (Wildman–Crippen MR) is 46.8 cm³/mol. The molecular weight excluding hydrogens is 179 g/mol. The summed E-state index contributed by atoms with van der Waals surface area (Å²) in [5.41, 5.74) is 1.06. The molecule has 0 spiro atoms. The van der Waals surface area contributed by atoms with Gasteiger partial charge in [-0.2, -0.15) is 0 Å². The van der Waals surface area contributed by atoms with E-state index in [-0.39, 0.29) is 10.8 Å². The molecule has 0 amide bonds. The van der Waals surface area contributed by atoms with E-state index in [0.29, 0.717) is 11.1 Å². The van der Waals surface area contributed by atoms with E-state index in [0.717, 1.165) is 0 Å². The van der Waals surface area contributed by atoms with E-state index in [9.17, 15) is 9.50 Å². The summed E-state index contributed by atoms with van der Waals surface area (Å²) in [6.45, 7) is 3.23. The van der Waals surface area contributed by atoms with E-state index in [1.807, 2.05) is 0 Å². The van der Waals surface area contributed by atoms with Gasteiger partial charge in [0.25, 0.3) is 0 Å². The van der Waals surface area contributed by atoms with Gasteiger partial charge in [0.1, 0.15) is 5.82 Å². The fourth-order valence-corrected chi connectivity index (χ4v) is 1.31. The smallest absolute Gasteiger partial charge is 0.127 e. The summed E-state index contributed by atoms with van der Waals surface area (Å²) in [6, 6.07) is 2.78. The number of halogens is 2. The van der Waals surface area contributed by atoms with Crippen LogP contribution in [0.15, 0.2) is 12.1 Å². The minimum Gasteiger partial charge on any atom is -0.389 e. The van der Waals surface area contributed by atoms with E-state index < -0.39 is 6.10 Å². The Balaban J connectivity index is 3.23. The lowest BCUT2D eigenvalue weighted by molar-refractivity contribution is 0.199. The van der Waals surface area contributed by atoms with Crippen molar-refractivity contribution < 1.29 is 9.50 Å². The summed E-state index contributed by atoms with van der Waals surface area (Å²) in [5.74, 6) is -0.343. The largest absolute Gasteiger partial charge is 0.389 e. The molecule has 0 aliphatic heterocycles. The molecule has 1 atom stereocenters. The number of aliphatic hydroxyl groups is 1. The summed E-state index contributed by atoms with van der Waals surface area (Å²) in [7, 11) is 0. The lowest BCUT2D eigenvalue weighted by Crippen LogP contribution is -1.95. The van der Waals surface area contributed by atoms with Crippen LogP contribution in [0.5, 0.6) is 0 Å². The van der Waals surface area contributed by atoms with Crippen LogP contribution in [-0.4, -0.2) is 5.11 Å². The van der Waals surface area contributed by atoms with Crippen molar-refractivity contribution in [2.24, 2.45) is 0 Å². The molecule has 1 aromatic carbocycles. The molecule has 1 rings (SSSR count). The normalized spacial score (nSPS) is 13.1. The van der Waals surface area contributed by atoms with Crippen molar-refractivity contribution in [3.05, 3.63) is 34.1 Å². The van der Waals surface area contributed by atoms with Crippen LogP contribution in [0.3, 0.4) is 0 Å². The first kappa shape index (κ1) is 9.49. The molecular formula is C9H10ClFO. The van der Waals surface area contributed by atoms with Crippen molar-refractivity contribution in [1.29, 1.82) is 0 Å². The summed E-state index contributed by atoms with van der Waals surface area (Å²) < 4.78 is 12.9. The lowest BCUT2D eigenvalue weighted by Gasteiger charge is -2.08. The Morgan fingerprint density at radius 2 is 2.08 bits per heavy atom. The second kappa shape index (κ2) is 3.42. The van der Waals surface area contributed by atoms with Gasteiger partial charge in [0.2, 0.25) is 0 Å². The van der Waals surface area contributed by atoms with Crippen LogP contribution >= 0.6 is 11.6 Å². The zero-order chi connectivity index (χ0) is 9.30. The maximum absolute atomic E-state index is 12.9. The Kier molecular flexibility index (Phi) is 2.70. The molecule has 1 N–H and O–H groups in total. The predicted octanol–water partition coefficient (Wildman–Crippen LogP) is 2.84. The van der Waals surface area contributed by atoms with Crippen LogP contribution in [-0.2, 0) is 0 Å². The molecule has 1 nitrogen and oxygen atoms in total. The topological polar surface area (TPSA) is 20.2 Å². The van der Waals surface area contributed by atoms with Crippen LogP contribution in [0, 0.1) is 12.7 Å². The molecule has 0 aliphatic carbocycles. The fourth-order valence-electron chi connectivity index (χ4n) is 1.000. The van der Waals surface area contributed by atoms with Gasteiger partial charge in [0.05, 0.1) is 6.10 Å². The van der Waals surface area contributed by atoms with Crippen LogP contribution in [0.4, 0.5) is 4.39 Å². The van der Waals surface area contributed by atoms with E-state index >= 15 is 0 Å². The molecule has 12 heavy (non-hydrogen) atoms. The third-order valence-electron chi connectivity index (χ3n) is 1.73. The van der Waals surface area contributed by atoms with Gasteiger partial charge in [-0.05, 0) is 37.1 Å². The van der Waals surface area contributed by atoms with Gasteiger partial charge in [-0.25, -0.2) is 4.39 Å². The monoisotopic (exact) mass is 188 g/mol. The van der Waals surface area contributed by atoms with Crippen molar-refractivity contribution in [3.8, 4) is 0 Å². The zero-order valence-corrected chi connectivity index (χ0v) is 7.69. The number of benzene rings is 1. The van der Waals surface area contributed by atoms with Crippen LogP contribution in [0.25, 0.3) is 0 Å². The van der Waals surface area contributed by atoms with Crippen LogP contribution in [0.2, 0.25) is 5.02 Å². The minimum absolute atomic E-state index is 0.271. The average molecular weight is 189 g/mol. The number of rotatable bonds is 1. The highest BCUT2D eigenvalue weighted by Crippen LogP contribution is 2.25. The van der Waals surface area contributed by atoms with E-state index in [1.54, 1.807) is 19.9 Å². The summed E-state index contributed by atoms with van der Waals surface area (Å²) >= 11 is 5.70. The van der Waals surface area contributed by atoms with Crippen molar-refractivity contribution in [2.45, 2.75) is 20.0 Å². The molecule has 0 saturated heterocycles. The van der Waals surface area contributed by atoms with Crippen LogP contribution in [0.1, 0.15) is 24.2 Å². The van der Waals surface area contributed by atoms with Gasteiger partial charge in [0.15, 0.2) is 0 Å². The molecule has 0 heterocycles. The van der Waals surface area contributed by atoms with Crippen molar-refractivity contribution >= 4 is 11.6 Å². The number of hydrogen-bond donors (Lipinski definition) is 1. The highest BCUT2D eigenvalue weighted by atomic mass is 35.5. The van der Waals surface area contributed by atoms with Gasteiger partial charge in [-0.1, -0.05) is 11.6 Å². The maximum atomic E-state index is 12.9. The van der Waals surface area contributed by atoms with Gasteiger partial charge < -0.3 is 5.11 Å². The van der Waals surface area contributed by atoms with Gasteiger partial charge in [-0.15, -0.1) is 0 Å². The maximum Gasteiger partial charge on any atom is 0.127 e. The number of aryl methyl sites for hydroxylation is 1.